The maximum atomic E-state index is 12.3. The lowest BCUT2D eigenvalue weighted by molar-refractivity contribution is -0.141. The fourth-order valence-corrected chi connectivity index (χ4v) is 2.18. The minimum atomic E-state index is -4.45. The molecule has 1 aromatic rings. The predicted molar refractivity (Wildman–Crippen MR) is 60.1 cm³/mol. The van der Waals surface area contributed by atoms with E-state index in [9.17, 15) is 17.4 Å². The van der Waals surface area contributed by atoms with E-state index in [4.69, 9.17) is 0 Å². The van der Waals surface area contributed by atoms with Crippen LogP contribution >= 0.6 is 0 Å². The number of nitrogens with zero attached hydrogens (tertiary/aromatic N) is 2. The molecule has 0 bridgehead atoms. The van der Waals surface area contributed by atoms with Gasteiger partial charge in [0.05, 0.1) is 15.0 Å². The summed E-state index contributed by atoms with van der Waals surface area (Å²) >= 11 is 0. The molecular weight excluding hydrogens is 253 g/mol. The van der Waals surface area contributed by atoms with Crippen LogP contribution in [0.25, 0.3) is 0 Å². The van der Waals surface area contributed by atoms with Crippen molar-refractivity contribution in [3.8, 4) is 0 Å². The van der Waals surface area contributed by atoms with Gasteiger partial charge in [-0.3, -0.25) is 4.98 Å². The molecule has 1 rings (SSSR count). The van der Waals surface area contributed by atoms with Gasteiger partial charge in [-0.25, -0.2) is 8.57 Å². The molecular formula is C10H13F3N2OS. The summed E-state index contributed by atoms with van der Waals surface area (Å²) < 4.78 is 52.5. The van der Waals surface area contributed by atoms with Gasteiger partial charge < -0.3 is 0 Å². The number of pyridine rings is 1. The molecule has 2 atom stereocenters. The van der Waals surface area contributed by atoms with E-state index in [2.05, 4.69) is 9.35 Å². The van der Waals surface area contributed by atoms with Gasteiger partial charge in [-0.1, -0.05) is 6.07 Å². The van der Waals surface area contributed by atoms with Gasteiger partial charge in [0.2, 0.25) is 0 Å². The molecule has 1 aromatic heterocycles. The average Bonchev–Trinajstić information content (AvgIpc) is 2.27. The third-order valence-electron chi connectivity index (χ3n) is 2.56. The summed E-state index contributed by atoms with van der Waals surface area (Å²) in [5.74, 6) is 0. The van der Waals surface area contributed by atoms with E-state index in [1.807, 2.05) is 0 Å². The van der Waals surface area contributed by atoms with Crippen LogP contribution in [0.4, 0.5) is 13.2 Å². The Kier molecular flexibility index (Phi) is 3.81. The van der Waals surface area contributed by atoms with Crippen molar-refractivity contribution in [3.63, 3.8) is 0 Å². The zero-order chi connectivity index (χ0) is 13.3. The summed E-state index contributed by atoms with van der Waals surface area (Å²) in [6.45, 7) is 1.65. The molecule has 0 radical (unpaired) electrons. The summed E-state index contributed by atoms with van der Waals surface area (Å²) in [5, 5.41) is -0.456. The Morgan fingerprint density at radius 3 is 2.35 bits per heavy atom. The topological polar surface area (TPSA) is 42.3 Å². The van der Waals surface area contributed by atoms with E-state index in [0.717, 1.165) is 12.3 Å². The summed E-state index contributed by atoms with van der Waals surface area (Å²) in [4.78, 5) is 3.33. The van der Waals surface area contributed by atoms with Gasteiger partial charge in [0.1, 0.15) is 5.69 Å². The van der Waals surface area contributed by atoms with E-state index in [1.54, 1.807) is 6.92 Å². The Labute approximate surface area is 98.3 Å². The van der Waals surface area contributed by atoms with Crippen LogP contribution in [0.15, 0.2) is 22.7 Å². The highest BCUT2D eigenvalue weighted by Crippen LogP contribution is 2.29. The molecule has 0 aliphatic rings. The predicted octanol–water partition coefficient (Wildman–Crippen LogP) is 2.89. The Bertz CT molecular complexity index is 501. The smallest absolute Gasteiger partial charge is 0.251 e. The SMILES string of the molecule is CN=S(C)(=O)[C@@H](C)c1ccc(C(F)(F)F)nc1. The van der Waals surface area contributed by atoms with Gasteiger partial charge in [0.25, 0.3) is 0 Å². The lowest BCUT2D eigenvalue weighted by atomic mass is 10.2. The van der Waals surface area contributed by atoms with Crippen molar-refractivity contribution in [2.24, 2.45) is 4.36 Å². The number of halogens is 3. The molecule has 7 heteroatoms. The third kappa shape index (κ3) is 3.18. The molecule has 96 valence electrons. The first-order valence-electron chi connectivity index (χ1n) is 4.80. The molecule has 0 fully saturated rings. The Balaban J connectivity index is 3.09. The fraction of sp³-hybridized carbons (Fsp3) is 0.500. The Morgan fingerprint density at radius 1 is 1.41 bits per heavy atom. The van der Waals surface area contributed by atoms with Crippen LogP contribution in [-0.4, -0.2) is 22.5 Å². The monoisotopic (exact) mass is 266 g/mol. The van der Waals surface area contributed by atoms with Crippen molar-refractivity contribution in [2.45, 2.75) is 18.3 Å². The maximum Gasteiger partial charge on any atom is 0.433 e. The molecule has 0 spiro atoms. The highest BCUT2D eigenvalue weighted by molar-refractivity contribution is 7.93. The molecule has 17 heavy (non-hydrogen) atoms. The number of hydrogen-bond donors (Lipinski definition) is 0. The zero-order valence-electron chi connectivity index (χ0n) is 9.65. The van der Waals surface area contributed by atoms with Crippen LogP contribution in [0.5, 0.6) is 0 Å². The highest BCUT2D eigenvalue weighted by atomic mass is 32.2. The van der Waals surface area contributed by atoms with Gasteiger partial charge in [-0.2, -0.15) is 13.2 Å². The molecule has 0 saturated heterocycles. The first-order chi connectivity index (χ1) is 7.68. The Hall–Kier alpha value is -1.11. The van der Waals surface area contributed by atoms with Crippen LogP contribution < -0.4 is 0 Å². The zero-order valence-corrected chi connectivity index (χ0v) is 10.5. The summed E-state index contributed by atoms with van der Waals surface area (Å²) in [6.07, 6.45) is -1.89. The van der Waals surface area contributed by atoms with E-state index >= 15 is 0 Å². The fourth-order valence-electron chi connectivity index (χ4n) is 1.22. The van der Waals surface area contributed by atoms with E-state index in [-0.39, 0.29) is 0 Å². The standard InChI is InChI=1S/C10H13F3N2OS/c1-7(17(3,16)14-2)8-4-5-9(15-6-8)10(11,12)13/h4-7H,1-3H3/t7-,17?/m0/s1. The maximum absolute atomic E-state index is 12.3. The van der Waals surface area contributed by atoms with Crippen LogP contribution in [0.3, 0.4) is 0 Å². The average molecular weight is 266 g/mol. The third-order valence-corrected chi connectivity index (χ3v) is 4.87. The molecule has 1 heterocycles. The van der Waals surface area contributed by atoms with Crippen molar-refractivity contribution in [1.29, 1.82) is 0 Å². The van der Waals surface area contributed by atoms with Crippen LogP contribution in [-0.2, 0) is 15.9 Å². The molecule has 0 aliphatic carbocycles. The number of aromatic nitrogens is 1. The molecule has 0 saturated carbocycles. The number of rotatable bonds is 2. The largest absolute Gasteiger partial charge is 0.433 e. The van der Waals surface area contributed by atoms with Gasteiger partial charge in [0.15, 0.2) is 0 Å². The summed E-state index contributed by atoms with van der Waals surface area (Å²) in [5.41, 5.74) is -0.472. The molecule has 0 aliphatic heterocycles. The summed E-state index contributed by atoms with van der Waals surface area (Å²) in [7, 11) is -1.02. The van der Waals surface area contributed by atoms with Crippen LogP contribution in [0, 0.1) is 0 Å². The normalized spacial score (nSPS) is 17.3. The minimum absolute atomic E-state index is 0.456. The van der Waals surface area contributed by atoms with E-state index in [0.29, 0.717) is 5.56 Å². The van der Waals surface area contributed by atoms with Crippen molar-refractivity contribution >= 4 is 9.73 Å². The molecule has 0 aromatic carbocycles. The van der Waals surface area contributed by atoms with Crippen molar-refractivity contribution < 1.29 is 17.4 Å². The van der Waals surface area contributed by atoms with Crippen LogP contribution in [0.2, 0.25) is 0 Å². The highest BCUT2D eigenvalue weighted by Gasteiger charge is 2.32. The number of hydrogen-bond acceptors (Lipinski definition) is 3. The quantitative estimate of drug-likeness (QED) is 0.826. The molecule has 1 unspecified atom stereocenters. The van der Waals surface area contributed by atoms with Crippen LogP contribution in [0.1, 0.15) is 23.4 Å². The lowest BCUT2D eigenvalue weighted by Crippen LogP contribution is -2.11. The van der Waals surface area contributed by atoms with Crippen molar-refractivity contribution in [2.75, 3.05) is 13.3 Å². The van der Waals surface area contributed by atoms with E-state index in [1.165, 1.54) is 19.4 Å². The van der Waals surface area contributed by atoms with E-state index < -0.39 is 26.8 Å². The van der Waals surface area contributed by atoms with Gasteiger partial charge >= 0.3 is 6.18 Å². The molecule has 0 amide bonds. The Morgan fingerprint density at radius 2 is 2.00 bits per heavy atom. The van der Waals surface area contributed by atoms with Crippen molar-refractivity contribution in [1.82, 2.24) is 4.98 Å². The minimum Gasteiger partial charge on any atom is -0.251 e. The lowest BCUT2D eigenvalue weighted by Gasteiger charge is -2.14. The second-order valence-corrected chi connectivity index (χ2v) is 6.45. The van der Waals surface area contributed by atoms with Gasteiger partial charge in [0, 0.05) is 19.5 Å². The van der Waals surface area contributed by atoms with Crippen molar-refractivity contribution in [3.05, 3.63) is 29.6 Å². The first kappa shape index (κ1) is 14.0. The van der Waals surface area contributed by atoms with Gasteiger partial charge in [-0.05, 0) is 18.6 Å². The molecule has 0 N–H and O–H groups in total. The summed E-state index contributed by atoms with van der Waals surface area (Å²) in [6, 6.07) is 2.17. The molecule has 3 nitrogen and oxygen atoms in total. The number of alkyl halides is 3. The second kappa shape index (κ2) is 4.64. The first-order valence-corrected chi connectivity index (χ1v) is 6.79. The second-order valence-electron chi connectivity index (χ2n) is 3.66. The van der Waals surface area contributed by atoms with Gasteiger partial charge in [-0.15, -0.1) is 0 Å².